The fourth-order valence-corrected chi connectivity index (χ4v) is 6.99. The third kappa shape index (κ3) is 9.88. The number of carbonyl (C=O) groups excluding carboxylic acids is 4. The number of aromatic nitrogens is 2. The number of piperazine rings is 1. The first-order valence-corrected chi connectivity index (χ1v) is 18.0. The Hall–Kier alpha value is -4.90. The molecule has 0 spiro atoms. The van der Waals surface area contributed by atoms with E-state index in [9.17, 15) is 23.6 Å². The largest absolute Gasteiger partial charge is 0.384 e. The van der Waals surface area contributed by atoms with Crippen LogP contribution in [-0.2, 0) is 20.9 Å². The maximum Gasteiger partial charge on any atom is 0.271 e. The molecule has 3 aromatic rings. The maximum absolute atomic E-state index is 13.3. The number of carbonyl (C=O) groups is 4. The minimum atomic E-state index is -0.530. The van der Waals surface area contributed by atoms with Gasteiger partial charge in [-0.2, -0.15) is 0 Å². The smallest absolute Gasteiger partial charge is 0.271 e. The van der Waals surface area contributed by atoms with Gasteiger partial charge >= 0.3 is 0 Å². The molecule has 2 aliphatic rings. The van der Waals surface area contributed by atoms with Crippen molar-refractivity contribution in [3.8, 4) is 0 Å². The molecule has 0 atom stereocenters. The number of aryl methyl sites for hydroxylation is 1. The molecule has 10 nitrogen and oxygen atoms in total. The molecule has 2 aromatic carbocycles. The molecular weight excluding hydrogens is 647 g/mol. The lowest BCUT2D eigenvalue weighted by atomic mass is 9.88. The second-order valence-electron chi connectivity index (χ2n) is 13.7. The monoisotopic (exact) mass is 696 g/mol. The maximum atomic E-state index is 13.3. The molecule has 5 rings (SSSR count). The van der Waals surface area contributed by atoms with Crippen molar-refractivity contribution in [2.45, 2.75) is 64.8 Å². The van der Waals surface area contributed by atoms with Gasteiger partial charge in [0.1, 0.15) is 11.5 Å². The van der Waals surface area contributed by atoms with E-state index in [-0.39, 0.29) is 29.0 Å². The number of allylic oxidation sites excluding steroid dienone is 1. The number of benzene rings is 2. The highest BCUT2D eigenvalue weighted by Crippen LogP contribution is 2.26. The van der Waals surface area contributed by atoms with Gasteiger partial charge in [0, 0.05) is 62.5 Å². The van der Waals surface area contributed by atoms with E-state index in [0.717, 1.165) is 64.2 Å². The quantitative estimate of drug-likeness (QED) is 0.132. The predicted molar refractivity (Wildman–Crippen MR) is 196 cm³/mol. The number of nitrogens with one attached hydrogen (secondary N) is 2. The summed E-state index contributed by atoms with van der Waals surface area (Å²) in [5.74, 6) is -0.539. The first kappa shape index (κ1) is 37.4. The fourth-order valence-electron chi connectivity index (χ4n) is 6.99. The van der Waals surface area contributed by atoms with E-state index in [4.69, 9.17) is 0 Å². The van der Waals surface area contributed by atoms with Gasteiger partial charge in [-0.1, -0.05) is 51.3 Å². The summed E-state index contributed by atoms with van der Waals surface area (Å²) in [4.78, 5) is 60.4. The zero-order valence-corrected chi connectivity index (χ0v) is 29.9. The average Bonchev–Trinajstić information content (AvgIpc) is 3.56. The molecular formula is C40H49FN6O4. The fraction of sp³-hybridized carbons (Fsp3) is 0.425. The van der Waals surface area contributed by atoms with Crippen LogP contribution in [-0.4, -0.2) is 83.0 Å². The molecule has 1 saturated heterocycles. The third-order valence-corrected chi connectivity index (χ3v) is 9.72. The molecule has 1 aliphatic carbocycles. The van der Waals surface area contributed by atoms with Crippen LogP contribution >= 0.6 is 0 Å². The van der Waals surface area contributed by atoms with Crippen LogP contribution in [0.25, 0.3) is 12.2 Å². The highest BCUT2D eigenvalue weighted by atomic mass is 19.1. The van der Waals surface area contributed by atoms with Crippen molar-refractivity contribution in [2.24, 2.45) is 5.92 Å². The van der Waals surface area contributed by atoms with Crippen LogP contribution in [0.1, 0.15) is 91.2 Å². The van der Waals surface area contributed by atoms with Crippen LogP contribution in [0.15, 0.2) is 66.3 Å². The number of aldehydes is 1. The molecule has 0 bridgehead atoms. The number of hydrogen-bond donors (Lipinski definition) is 2. The van der Waals surface area contributed by atoms with Crippen LogP contribution in [0.3, 0.4) is 0 Å². The second-order valence-corrected chi connectivity index (χ2v) is 13.7. The van der Waals surface area contributed by atoms with Crippen LogP contribution in [0.2, 0.25) is 0 Å². The Bertz CT molecular complexity index is 1750. The Kier molecular flexibility index (Phi) is 13.1. The van der Waals surface area contributed by atoms with Gasteiger partial charge < -0.3 is 20.1 Å². The molecule has 2 amide bonds. The van der Waals surface area contributed by atoms with Gasteiger partial charge in [0.25, 0.3) is 5.91 Å². The van der Waals surface area contributed by atoms with Gasteiger partial charge in [0.05, 0.1) is 17.7 Å². The minimum Gasteiger partial charge on any atom is -0.384 e. The number of halogens is 1. The summed E-state index contributed by atoms with van der Waals surface area (Å²) in [6, 6.07) is 12.1. The lowest BCUT2D eigenvalue weighted by molar-refractivity contribution is -0.138. The van der Waals surface area contributed by atoms with Gasteiger partial charge in [-0.05, 0) is 79.8 Å². The Morgan fingerprint density at radius 1 is 0.941 bits per heavy atom. The molecule has 1 aromatic heterocycles. The van der Waals surface area contributed by atoms with Crippen LogP contribution < -0.4 is 10.6 Å². The zero-order valence-electron chi connectivity index (χ0n) is 29.9. The van der Waals surface area contributed by atoms with Crippen molar-refractivity contribution in [2.75, 3.05) is 39.8 Å². The van der Waals surface area contributed by atoms with Crippen molar-refractivity contribution in [1.29, 1.82) is 0 Å². The van der Waals surface area contributed by atoms with E-state index in [1.165, 1.54) is 43.5 Å². The van der Waals surface area contributed by atoms with Crippen molar-refractivity contribution in [3.05, 3.63) is 100 Å². The molecule has 0 radical (unpaired) electrons. The lowest BCUT2D eigenvalue weighted by Gasteiger charge is -2.37. The van der Waals surface area contributed by atoms with Crippen molar-refractivity contribution in [1.82, 2.24) is 30.0 Å². The summed E-state index contributed by atoms with van der Waals surface area (Å²) in [6.07, 6.45) is 12.1. The third-order valence-electron chi connectivity index (χ3n) is 9.72. The SMILES string of the molecule is CN/C(=C\c1cccc(C(=O)c2ccc(F)cc2)c1)C(=O)N/C(C=O)=C\c1ncn(CCCN2CCN(C(=O)C3CCCCC3)CC2)c1C(C)C. The Morgan fingerprint density at radius 2 is 1.67 bits per heavy atom. The van der Waals surface area contributed by atoms with E-state index < -0.39 is 11.7 Å². The van der Waals surface area contributed by atoms with Gasteiger partial charge in [0.15, 0.2) is 12.1 Å². The highest BCUT2D eigenvalue weighted by molar-refractivity contribution is 6.09. The Morgan fingerprint density at radius 3 is 2.33 bits per heavy atom. The molecule has 2 N–H and O–H groups in total. The van der Waals surface area contributed by atoms with E-state index in [1.807, 2.05) is 0 Å². The summed E-state index contributed by atoms with van der Waals surface area (Å²) in [5, 5.41) is 5.56. The molecule has 270 valence electrons. The first-order chi connectivity index (χ1) is 24.7. The summed E-state index contributed by atoms with van der Waals surface area (Å²) < 4.78 is 15.4. The molecule has 51 heavy (non-hydrogen) atoms. The summed E-state index contributed by atoms with van der Waals surface area (Å²) in [7, 11) is 1.60. The lowest BCUT2D eigenvalue weighted by Crippen LogP contribution is -2.50. The van der Waals surface area contributed by atoms with Gasteiger partial charge in [-0.15, -0.1) is 0 Å². The number of hydrogen-bond acceptors (Lipinski definition) is 7. The second kappa shape index (κ2) is 17.8. The molecule has 2 fully saturated rings. The summed E-state index contributed by atoms with van der Waals surface area (Å²) in [5.41, 5.74) is 3.17. The standard InChI is InChI=1S/C40H49FN6O4/c1-28(2)37-35(43-27-47(37)18-8-17-45-19-21-46(22-20-45)40(51)31-10-5-4-6-11-31)25-34(26-48)44-39(50)36(42-3)24-29-9-7-12-32(23-29)38(49)30-13-15-33(41)16-14-30/h7,9,12-16,23-28,31,42H,4-6,8,10-11,17-22H2,1-3H3,(H,44,50)/b34-25-,36-24-. The van der Waals surface area contributed by atoms with Crippen LogP contribution in [0.4, 0.5) is 4.39 Å². The minimum absolute atomic E-state index is 0.0641. The summed E-state index contributed by atoms with van der Waals surface area (Å²) in [6.45, 7) is 9.18. The van der Waals surface area contributed by atoms with E-state index >= 15 is 0 Å². The van der Waals surface area contributed by atoms with E-state index in [0.29, 0.717) is 34.6 Å². The first-order valence-electron chi connectivity index (χ1n) is 18.0. The number of ketones is 1. The van der Waals surface area contributed by atoms with Gasteiger partial charge in [-0.3, -0.25) is 24.1 Å². The van der Waals surface area contributed by atoms with Gasteiger partial charge in [-0.25, -0.2) is 9.37 Å². The van der Waals surface area contributed by atoms with Crippen molar-refractivity contribution < 1.29 is 23.6 Å². The number of nitrogens with zero attached hydrogens (tertiary/aromatic N) is 4. The van der Waals surface area contributed by atoms with Crippen LogP contribution in [0, 0.1) is 11.7 Å². The number of imidazole rings is 1. The van der Waals surface area contributed by atoms with Gasteiger partial charge in [0.2, 0.25) is 5.91 Å². The van der Waals surface area contributed by atoms with Crippen molar-refractivity contribution >= 4 is 36.0 Å². The number of rotatable bonds is 14. The summed E-state index contributed by atoms with van der Waals surface area (Å²) >= 11 is 0. The molecule has 1 saturated carbocycles. The van der Waals surface area contributed by atoms with Crippen LogP contribution in [0.5, 0.6) is 0 Å². The topological polar surface area (TPSA) is 117 Å². The average molecular weight is 697 g/mol. The normalized spacial score (nSPS) is 16.3. The predicted octanol–water partition coefficient (Wildman–Crippen LogP) is 5.41. The zero-order chi connectivity index (χ0) is 36.3. The Labute approximate surface area is 299 Å². The number of amides is 2. The number of likely N-dealkylation sites (N-methyl/N-ethyl adjacent to an activating group) is 1. The van der Waals surface area contributed by atoms with E-state index in [1.54, 1.807) is 49.8 Å². The molecule has 1 aliphatic heterocycles. The Balaban J connectivity index is 1.18. The van der Waals surface area contributed by atoms with E-state index in [2.05, 4.69) is 43.8 Å². The molecule has 11 heteroatoms. The molecule has 2 heterocycles. The highest BCUT2D eigenvalue weighted by Gasteiger charge is 2.28. The molecule has 0 unspecified atom stereocenters. The van der Waals surface area contributed by atoms with Crippen molar-refractivity contribution in [3.63, 3.8) is 0 Å².